The van der Waals surface area contributed by atoms with Gasteiger partial charge in [0, 0.05) is 37.8 Å². The summed E-state index contributed by atoms with van der Waals surface area (Å²) >= 11 is 0. The van der Waals surface area contributed by atoms with Crippen LogP contribution in [0.1, 0.15) is 36.0 Å². The number of hydrogen-bond donors (Lipinski definition) is 1. The van der Waals surface area contributed by atoms with E-state index in [-0.39, 0.29) is 42.0 Å². The summed E-state index contributed by atoms with van der Waals surface area (Å²) in [4.78, 5) is 29.3. The molecule has 0 radical (unpaired) electrons. The van der Waals surface area contributed by atoms with Crippen LogP contribution < -0.4 is 5.73 Å². The number of carbonyl (C=O) groups excluding carboxylic acids is 2. The zero-order valence-corrected chi connectivity index (χ0v) is 16.2. The highest BCUT2D eigenvalue weighted by Gasteiger charge is 2.50. The van der Waals surface area contributed by atoms with Crippen LogP contribution in [0, 0.1) is 23.6 Å². The lowest BCUT2D eigenvalue weighted by Gasteiger charge is -2.32. The summed E-state index contributed by atoms with van der Waals surface area (Å²) in [6.45, 7) is 2.35. The predicted octanol–water partition coefficient (Wildman–Crippen LogP) is 2.30. The Morgan fingerprint density at radius 2 is 1.59 bits per heavy atom. The molecule has 5 nitrogen and oxygen atoms in total. The molecule has 1 heterocycles. The highest BCUT2D eigenvalue weighted by molar-refractivity contribution is 5.94. The maximum absolute atomic E-state index is 13.1. The van der Waals surface area contributed by atoms with Gasteiger partial charge in [0.25, 0.3) is 5.91 Å². The van der Waals surface area contributed by atoms with Gasteiger partial charge in [0.2, 0.25) is 5.91 Å². The second kappa shape index (κ2) is 8.15. The summed E-state index contributed by atoms with van der Waals surface area (Å²) in [6, 6.07) is 5.63. The number of carbonyl (C=O) groups is 2. The Bertz CT molecular complexity index is 697. The summed E-state index contributed by atoms with van der Waals surface area (Å²) in [5.74, 6) is 0.654. The van der Waals surface area contributed by atoms with Crippen LogP contribution in [0.3, 0.4) is 0 Å². The quantitative estimate of drug-likeness (QED) is 0.835. The molecule has 4 unspecified atom stereocenters. The van der Waals surface area contributed by atoms with Gasteiger partial charge >= 0.3 is 0 Å². The molecule has 2 bridgehead atoms. The summed E-state index contributed by atoms with van der Waals surface area (Å²) in [5, 5.41) is 0. The zero-order chi connectivity index (χ0) is 18.3. The Morgan fingerprint density at radius 3 is 2.26 bits per heavy atom. The Kier molecular flexibility index (Phi) is 6.06. The minimum absolute atomic E-state index is 0. The van der Waals surface area contributed by atoms with Crippen LogP contribution in [0.4, 0.5) is 4.39 Å². The molecule has 4 atom stereocenters. The van der Waals surface area contributed by atoms with Gasteiger partial charge in [-0.25, -0.2) is 4.39 Å². The van der Waals surface area contributed by atoms with Gasteiger partial charge in [0.05, 0.1) is 5.92 Å². The van der Waals surface area contributed by atoms with Crippen LogP contribution in [0.25, 0.3) is 0 Å². The van der Waals surface area contributed by atoms with Crippen LogP contribution in [-0.4, -0.2) is 53.8 Å². The normalized spacial score (nSPS) is 30.0. The average Bonchev–Trinajstić information content (AvgIpc) is 3.14. The van der Waals surface area contributed by atoms with Gasteiger partial charge in [-0.05, 0) is 61.8 Å². The molecule has 2 amide bonds. The molecule has 27 heavy (non-hydrogen) atoms. The van der Waals surface area contributed by atoms with Crippen molar-refractivity contribution in [2.45, 2.75) is 31.7 Å². The van der Waals surface area contributed by atoms with Gasteiger partial charge in [-0.1, -0.05) is 0 Å². The third-order valence-electron chi connectivity index (χ3n) is 6.45. The minimum Gasteiger partial charge on any atom is -0.341 e. The Morgan fingerprint density at radius 1 is 0.963 bits per heavy atom. The fraction of sp³-hybridized carbons (Fsp3) is 0.600. The molecular weight excluding hydrogens is 369 g/mol. The molecule has 2 N–H and O–H groups in total. The summed E-state index contributed by atoms with van der Waals surface area (Å²) in [5.41, 5.74) is 6.82. The zero-order valence-electron chi connectivity index (χ0n) is 15.4. The van der Waals surface area contributed by atoms with E-state index in [4.69, 9.17) is 5.73 Å². The van der Waals surface area contributed by atoms with Crippen LogP contribution in [0.15, 0.2) is 24.3 Å². The number of fused-ring (bicyclic) bond motifs is 2. The van der Waals surface area contributed by atoms with Gasteiger partial charge in [0.1, 0.15) is 5.82 Å². The van der Waals surface area contributed by atoms with E-state index >= 15 is 0 Å². The molecule has 2 saturated carbocycles. The highest BCUT2D eigenvalue weighted by Crippen LogP contribution is 2.48. The first-order valence-electron chi connectivity index (χ1n) is 9.64. The number of benzene rings is 1. The Hall–Kier alpha value is -1.66. The van der Waals surface area contributed by atoms with Crippen molar-refractivity contribution in [1.82, 2.24) is 9.80 Å². The molecule has 148 valence electrons. The second-order valence-electron chi connectivity index (χ2n) is 7.91. The summed E-state index contributed by atoms with van der Waals surface area (Å²) in [6.07, 6.45) is 4.14. The number of halogens is 2. The van der Waals surface area contributed by atoms with Crippen LogP contribution in [0.2, 0.25) is 0 Å². The van der Waals surface area contributed by atoms with E-state index in [2.05, 4.69) is 0 Å². The fourth-order valence-corrected chi connectivity index (χ4v) is 5.03. The van der Waals surface area contributed by atoms with E-state index in [0.717, 1.165) is 25.7 Å². The van der Waals surface area contributed by atoms with Crippen LogP contribution in [-0.2, 0) is 4.79 Å². The molecule has 3 aliphatic rings. The van der Waals surface area contributed by atoms with Gasteiger partial charge in [0.15, 0.2) is 0 Å². The summed E-state index contributed by atoms with van der Waals surface area (Å²) in [7, 11) is 0. The van der Waals surface area contributed by atoms with Crippen molar-refractivity contribution in [2.75, 3.05) is 26.2 Å². The third-order valence-corrected chi connectivity index (χ3v) is 6.45. The molecule has 0 spiro atoms. The maximum atomic E-state index is 13.1. The molecular formula is C20H27ClFN3O2. The SMILES string of the molecule is Cl.NC1C2CCC(C2)C1C(=O)N1CCCN(C(=O)c2ccc(F)cc2)CC1. The van der Waals surface area contributed by atoms with Crippen molar-refractivity contribution in [3.63, 3.8) is 0 Å². The standard InChI is InChI=1S/C20H26FN3O2.ClH/c21-16-6-4-13(5-7-16)19(25)23-8-1-9-24(11-10-23)20(26)17-14-2-3-15(12-14)18(17)22;/h4-7,14-15,17-18H,1-3,8-12,22H2;1H. The fourth-order valence-electron chi connectivity index (χ4n) is 5.03. The van der Waals surface area contributed by atoms with Crippen molar-refractivity contribution in [2.24, 2.45) is 23.5 Å². The van der Waals surface area contributed by atoms with E-state index in [1.54, 1.807) is 4.90 Å². The van der Waals surface area contributed by atoms with E-state index in [1.807, 2.05) is 4.90 Å². The van der Waals surface area contributed by atoms with Gasteiger partial charge in [-0.3, -0.25) is 9.59 Å². The second-order valence-corrected chi connectivity index (χ2v) is 7.91. The van der Waals surface area contributed by atoms with Crippen molar-refractivity contribution in [1.29, 1.82) is 0 Å². The van der Waals surface area contributed by atoms with E-state index in [0.29, 0.717) is 43.6 Å². The summed E-state index contributed by atoms with van der Waals surface area (Å²) < 4.78 is 13.1. The molecule has 1 aromatic rings. The first kappa shape index (κ1) is 20.1. The molecule has 1 saturated heterocycles. The van der Waals surface area contributed by atoms with Crippen LogP contribution in [0.5, 0.6) is 0 Å². The first-order valence-corrected chi connectivity index (χ1v) is 9.64. The maximum Gasteiger partial charge on any atom is 0.253 e. The van der Waals surface area contributed by atoms with Gasteiger partial charge in [-0.15, -0.1) is 12.4 Å². The lowest BCUT2D eigenvalue weighted by Crippen LogP contribution is -2.48. The van der Waals surface area contributed by atoms with Crippen molar-refractivity contribution in [3.8, 4) is 0 Å². The molecule has 3 fully saturated rings. The smallest absolute Gasteiger partial charge is 0.253 e. The largest absolute Gasteiger partial charge is 0.341 e. The van der Waals surface area contributed by atoms with Crippen LogP contribution >= 0.6 is 12.4 Å². The Balaban J connectivity index is 0.00000210. The monoisotopic (exact) mass is 395 g/mol. The minimum atomic E-state index is -0.351. The highest BCUT2D eigenvalue weighted by atomic mass is 35.5. The number of rotatable bonds is 2. The number of nitrogens with zero attached hydrogens (tertiary/aromatic N) is 2. The van der Waals surface area contributed by atoms with E-state index in [9.17, 15) is 14.0 Å². The lowest BCUT2D eigenvalue weighted by molar-refractivity contribution is -0.137. The molecule has 7 heteroatoms. The van der Waals surface area contributed by atoms with Gasteiger partial charge in [-0.2, -0.15) is 0 Å². The Labute approximate surface area is 165 Å². The average molecular weight is 396 g/mol. The molecule has 2 aliphatic carbocycles. The molecule has 0 aromatic heterocycles. The topological polar surface area (TPSA) is 66.6 Å². The predicted molar refractivity (Wildman–Crippen MR) is 103 cm³/mol. The van der Waals surface area contributed by atoms with E-state index < -0.39 is 0 Å². The van der Waals surface area contributed by atoms with Crippen molar-refractivity contribution < 1.29 is 14.0 Å². The molecule has 1 aromatic carbocycles. The van der Waals surface area contributed by atoms with E-state index in [1.165, 1.54) is 24.3 Å². The number of amides is 2. The number of nitrogens with two attached hydrogens (primary N) is 1. The van der Waals surface area contributed by atoms with Gasteiger partial charge < -0.3 is 15.5 Å². The van der Waals surface area contributed by atoms with Crippen molar-refractivity contribution in [3.05, 3.63) is 35.6 Å². The number of hydrogen-bond acceptors (Lipinski definition) is 3. The lowest BCUT2D eigenvalue weighted by atomic mass is 9.84. The third kappa shape index (κ3) is 3.83. The first-order chi connectivity index (χ1) is 12.5. The molecule has 4 rings (SSSR count). The van der Waals surface area contributed by atoms with Crippen molar-refractivity contribution >= 4 is 24.2 Å². The molecule has 1 aliphatic heterocycles.